The number of carboxylic acid groups (broad SMARTS) is 1. The van der Waals surface area contributed by atoms with Crippen LogP contribution in [0.25, 0.3) is 0 Å². The van der Waals surface area contributed by atoms with Gasteiger partial charge in [-0.3, -0.25) is 4.79 Å². The molecule has 2 aromatic rings. The Balaban J connectivity index is 1.85. The van der Waals surface area contributed by atoms with Gasteiger partial charge >= 0.3 is 5.97 Å². The van der Waals surface area contributed by atoms with E-state index in [1.54, 1.807) is 6.07 Å². The van der Waals surface area contributed by atoms with E-state index in [1.165, 1.54) is 17.8 Å². The SMILES string of the molecule is Cc1ccc(CNC(=O)CSc2ncccc2C(=O)O)cc1. The largest absolute Gasteiger partial charge is 0.478 e. The van der Waals surface area contributed by atoms with Crippen molar-refractivity contribution < 1.29 is 14.7 Å². The highest BCUT2D eigenvalue weighted by Gasteiger charge is 2.12. The van der Waals surface area contributed by atoms with Gasteiger partial charge < -0.3 is 10.4 Å². The normalized spacial score (nSPS) is 10.2. The molecule has 1 heterocycles. The van der Waals surface area contributed by atoms with E-state index in [0.29, 0.717) is 11.6 Å². The molecule has 22 heavy (non-hydrogen) atoms. The van der Waals surface area contributed by atoms with Gasteiger partial charge in [-0.15, -0.1) is 0 Å². The van der Waals surface area contributed by atoms with Crippen molar-refractivity contribution in [2.75, 3.05) is 5.75 Å². The summed E-state index contributed by atoms with van der Waals surface area (Å²) in [6.07, 6.45) is 1.51. The summed E-state index contributed by atoms with van der Waals surface area (Å²) in [5.41, 5.74) is 2.30. The zero-order valence-corrected chi connectivity index (χ0v) is 12.9. The van der Waals surface area contributed by atoms with Crippen molar-refractivity contribution in [2.24, 2.45) is 0 Å². The Bertz CT molecular complexity index is 671. The molecule has 0 spiro atoms. The van der Waals surface area contributed by atoms with Gasteiger partial charge in [0.05, 0.1) is 11.3 Å². The Kier molecular flexibility index (Phi) is 5.55. The molecule has 0 radical (unpaired) electrons. The van der Waals surface area contributed by atoms with Crippen LogP contribution >= 0.6 is 11.8 Å². The van der Waals surface area contributed by atoms with Gasteiger partial charge in [-0.05, 0) is 24.6 Å². The van der Waals surface area contributed by atoms with E-state index in [4.69, 9.17) is 5.11 Å². The molecule has 5 nitrogen and oxygen atoms in total. The first-order valence-electron chi connectivity index (χ1n) is 6.69. The number of carbonyl (C=O) groups excluding carboxylic acids is 1. The number of aromatic carboxylic acids is 1. The summed E-state index contributed by atoms with van der Waals surface area (Å²) in [7, 11) is 0. The second-order valence-corrected chi connectivity index (χ2v) is 5.68. The maximum atomic E-state index is 11.8. The monoisotopic (exact) mass is 316 g/mol. The van der Waals surface area contributed by atoms with E-state index in [0.717, 1.165) is 17.3 Å². The Morgan fingerprint density at radius 1 is 1.23 bits per heavy atom. The van der Waals surface area contributed by atoms with Crippen molar-refractivity contribution >= 4 is 23.6 Å². The molecule has 0 unspecified atom stereocenters. The van der Waals surface area contributed by atoms with Crippen LogP contribution in [0.2, 0.25) is 0 Å². The molecule has 1 aromatic carbocycles. The summed E-state index contributed by atoms with van der Waals surface area (Å²) in [4.78, 5) is 26.9. The average Bonchev–Trinajstić information content (AvgIpc) is 2.52. The number of benzene rings is 1. The number of thioether (sulfide) groups is 1. The number of carbonyl (C=O) groups is 2. The van der Waals surface area contributed by atoms with Gasteiger partial charge in [0.1, 0.15) is 5.03 Å². The highest BCUT2D eigenvalue weighted by atomic mass is 32.2. The lowest BCUT2D eigenvalue weighted by Gasteiger charge is -2.06. The fourth-order valence-corrected chi connectivity index (χ4v) is 2.58. The Morgan fingerprint density at radius 3 is 2.64 bits per heavy atom. The maximum Gasteiger partial charge on any atom is 0.338 e. The standard InChI is InChI=1S/C16H16N2O3S/c1-11-4-6-12(7-5-11)9-18-14(19)10-22-15-13(16(20)21)3-2-8-17-15/h2-8H,9-10H2,1H3,(H,18,19)(H,20,21). The van der Waals surface area contributed by atoms with Gasteiger partial charge in [-0.1, -0.05) is 41.6 Å². The van der Waals surface area contributed by atoms with Gasteiger partial charge in [-0.25, -0.2) is 9.78 Å². The molecule has 0 aliphatic rings. The van der Waals surface area contributed by atoms with Crippen LogP contribution in [0.4, 0.5) is 0 Å². The maximum absolute atomic E-state index is 11.8. The van der Waals surface area contributed by atoms with Crippen LogP contribution in [-0.4, -0.2) is 27.7 Å². The number of hydrogen-bond acceptors (Lipinski definition) is 4. The number of carboxylic acids is 1. The van der Waals surface area contributed by atoms with Gasteiger partial charge in [0.2, 0.25) is 5.91 Å². The Hall–Kier alpha value is -2.34. The topological polar surface area (TPSA) is 79.3 Å². The molecule has 0 fully saturated rings. The fourth-order valence-electron chi connectivity index (χ4n) is 1.76. The molecule has 0 aliphatic carbocycles. The lowest BCUT2D eigenvalue weighted by Crippen LogP contribution is -2.24. The van der Waals surface area contributed by atoms with Crippen LogP contribution in [0.3, 0.4) is 0 Å². The number of hydrogen-bond donors (Lipinski definition) is 2. The van der Waals surface area contributed by atoms with Crippen molar-refractivity contribution in [1.82, 2.24) is 10.3 Å². The molecule has 2 rings (SSSR count). The predicted molar refractivity (Wildman–Crippen MR) is 84.9 cm³/mol. The minimum Gasteiger partial charge on any atom is -0.478 e. The molecule has 0 aliphatic heterocycles. The molecular weight excluding hydrogens is 300 g/mol. The quantitative estimate of drug-likeness (QED) is 0.801. The lowest BCUT2D eigenvalue weighted by molar-refractivity contribution is -0.118. The van der Waals surface area contributed by atoms with E-state index < -0.39 is 5.97 Å². The number of nitrogens with one attached hydrogen (secondary N) is 1. The Morgan fingerprint density at radius 2 is 1.95 bits per heavy atom. The molecule has 0 saturated carbocycles. The summed E-state index contributed by atoms with van der Waals surface area (Å²) in [5, 5.41) is 12.2. The van der Waals surface area contributed by atoms with Crippen LogP contribution in [0.15, 0.2) is 47.6 Å². The smallest absolute Gasteiger partial charge is 0.338 e. The van der Waals surface area contributed by atoms with E-state index in [-0.39, 0.29) is 17.2 Å². The minimum absolute atomic E-state index is 0.110. The summed E-state index contributed by atoms with van der Waals surface area (Å²) in [6.45, 7) is 2.46. The van der Waals surface area contributed by atoms with Gasteiger partial charge in [0.15, 0.2) is 0 Å². The van der Waals surface area contributed by atoms with Crippen molar-refractivity contribution in [3.8, 4) is 0 Å². The zero-order chi connectivity index (χ0) is 15.9. The molecule has 6 heteroatoms. The van der Waals surface area contributed by atoms with E-state index >= 15 is 0 Å². The number of aryl methyl sites for hydroxylation is 1. The molecule has 0 bridgehead atoms. The van der Waals surface area contributed by atoms with Crippen molar-refractivity contribution in [2.45, 2.75) is 18.5 Å². The molecule has 0 saturated heterocycles. The summed E-state index contributed by atoms with van der Waals surface area (Å²) < 4.78 is 0. The summed E-state index contributed by atoms with van der Waals surface area (Å²) in [6, 6.07) is 10.9. The van der Waals surface area contributed by atoms with E-state index in [9.17, 15) is 9.59 Å². The molecule has 1 aromatic heterocycles. The van der Waals surface area contributed by atoms with Crippen molar-refractivity contribution in [3.05, 3.63) is 59.3 Å². The minimum atomic E-state index is -1.05. The van der Waals surface area contributed by atoms with E-state index in [1.807, 2.05) is 31.2 Å². The van der Waals surface area contributed by atoms with Crippen molar-refractivity contribution in [1.29, 1.82) is 0 Å². The van der Waals surface area contributed by atoms with Crippen LogP contribution < -0.4 is 5.32 Å². The Labute approximate surface area is 132 Å². The van der Waals surface area contributed by atoms with E-state index in [2.05, 4.69) is 10.3 Å². The van der Waals surface area contributed by atoms with Crippen LogP contribution in [0.1, 0.15) is 21.5 Å². The highest BCUT2D eigenvalue weighted by Crippen LogP contribution is 2.19. The third kappa shape index (κ3) is 4.60. The average molecular weight is 316 g/mol. The van der Waals surface area contributed by atoms with Gasteiger partial charge in [0.25, 0.3) is 0 Å². The first-order chi connectivity index (χ1) is 10.6. The third-order valence-corrected chi connectivity index (χ3v) is 3.96. The van der Waals surface area contributed by atoms with Crippen LogP contribution in [0, 0.1) is 6.92 Å². The molecule has 114 valence electrons. The van der Waals surface area contributed by atoms with Crippen LogP contribution in [0.5, 0.6) is 0 Å². The molecular formula is C16H16N2O3S. The summed E-state index contributed by atoms with van der Waals surface area (Å²) >= 11 is 1.12. The third-order valence-electron chi connectivity index (χ3n) is 2.95. The predicted octanol–water partition coefficient (Wildman–Crippen LogP) is 2.50. The number of rotatable bonds is 6. The van der Waals surface area contributed by atoms with Gasteiger partial charge in [-0.2, -0.15) is 0 Å². The highest BCUT2D eigenvalue weighted by molar-refractivity contribution is 8.00. The number of aromatic nitrogens is 1. The molecule has 2 N–H and O–H groups in total. The number of nitrogens with zero attached hydrogens (tertiary/aromatic N) is 1. The first-order valence-corrected chi connectivity index (χ1v) is 7.68. The molecule has 0 atom stereocenters. The fraction of sp³-hybridized carbons (Fsp3) is 0.188. The zero-order valence-electron chi connectivity index (χ0n) is 12.1. The number of pyridine rings is 1. The second-order valence-electron chi connectivity index (χ2n) is 4.71. The summed E-state index contributed by atoms with van der Waals surface area (Å²) in [5.74, 6) is -1.08. The van der Waals surface area contributed by atoms with Crippen LogP contribution in [-0.2, 0) is 11.3 Å². The second kappa shape index (κ2) is 7.61. The molecule has 1 amide bonds. The number of amides is 1. The van der Waals surface area contributed by atoms with Gasteiger partial charge in [0, 0.05) is 12.7 Å². The van der Waals surface area contributed by atoms with Crippen molar-refractivity contribution in [3.63, 3.8) is 0 Å². The lowest BCUT2D eigenvalue weighted by atomic mass is 10.1. The first kappa shape index (κ1) is 16.0.